The molecular formula is C21H27NO4. The van der Waals surface area contributed by atoms with Gasteiger partial charge in [0, 0.05) is 5.69 Å². The first-order valence-electron chi connectivity index (χ1n) is 8.81. The highest BCUT2D eigenvalue weighted by molar-refractivity contribution is 5.91. The van der Waals surface area contributed by atoms with Crippen LogP contribution in [0.4, 0.5) is 5.69 Å². The Kier molecular flexibility index (Phi) is 7.33. The van der Waals surface area contributed by atoms with E-state index in [2.05, 4.69) is 12.2 Å². The van der Waals surface area contributed by atoms with Crippen LogP contribution in [0.1, 0.15) is 30.9 Å². The van der Waals surface area contributed by atoms with Crippen molar-refractivity contribution in [3.05, 3.63) is 47.5 Å². The summed E-state index contributed by atoms with van der Waals surface area (Å²) in [6, 6.07) is 11.6. The van der Waals surface area contributed by atoms with E-state index in [9.17, 15) is 4.79 Å². The zero-order valence-electron chi connectivity index (χ0n) is 15.9. The standard InChI is InChI=1S/C21H27NO4/c1-5-6-7-16-8-10-17(11-9-16)22-20(23)14-26-21-18(24-3)12-15(2)13-19(21)25-4/h8-13H,5-7,14H2,1-4H3,(H,22,23). The summed E-state index contributed by atoms with van der Waals surface area (Å²) in [6.07, 6.45) is 3.39. The molecule has 2 aromatic carbocycles. The number of anilines is 1. The molecule has 0 saturated heterocycles. The van der Waals surface area contributed by atoms with Gasteiger partial charge in [-0.3, -0.25) is 4.79 Å². The number of benzene rings is 2. The van der Waals surface area contributed by atoms with Crippen molar-refractivity contribution in [3.8, 4) is 17.2 Å². The molecule has 0 bridgehead atoms. The summed E-state index contributed by atoms with van der Waals surface area (Å²) < 4.78 is 16.3. The van der Waals surface area contributed by atoms with Crippen LogP contribution in [-0.2, 0) is 11.2 Å². The van der Waals surface area contributed by atoms with Crippen LogP contribution >= 0.6 is 0 Å². The Labute approximate surface area is 155 Å². The molecule has 26 heavy (non-hydrogen) atoms. The molecule has 5 nitrogen and oxygen atoms in total. The van der Waals surface area contributed by atoms with Crippen molar-refractivity contribution in [3.63, 3.8) is 0 Å². The number of carbonyl (C=O) groups is 1. The molecule has 1 N–H and O–H groups in total. The molecule has 0 aliphatic rings. The van der Waals surface area contributed by atoms with E-state index >= 15 is 0 Å². The van der Waals surface area contributed by atoms with Crippen molar-refractivity contribution in [1.29, 1.82) is 0 Å². The lowest BCUT2D eigenvalue weighted by Crippen LogP contribution is -2.20. The van der Waals surface area contributed by atoms with Gasteiger partial charge in [-0.25, -0.2) is 0 Å². The number of amides is 1. The zero-order valence-corrected chi connectivity index (χ0v) is 15.9. The van der Waals surface area contributed by atoms with E-state index in [0.717, 1.165) is 17.7 Å². The van der Waals surface area contributed by atoms with Crippen molar-refractivity contribution in [2.75, 3.05) is 26.1 Å². The minimum Gasteiger partial charge on any atom is -0.493 e. The number of hydrogen-bond acceptors (Lipinski definition) is 4. The molecule has 1 amide bonds. The second kappa shape index (κ2) is 9.70. The maximum absolute atomic E-state index is 12.2. The van der Waals surface area contributed by atoms with Gasteiger partial charge in [-0.15, -0.1) is 0 Å². The van der Waals surface area contributed by atoms with Gasteiger partial charge in [0.2, 0.25) is 5.75 Å². The van der Waals surface area contributed by atoms with E-state index in [1.54, 1.807) is 14.2 Å². The van der Waals surface area contributed by atoms with E-state index in [-0.39, 0.29) is 12.5 Å². The molecule has 0 radical (unpaired) electrons. The first-order valence-corrected chi connectivity index (χ1v) is 8.81. The number of methoxy groups -OCH3 is 2. The van der Waals surface area contributed by atoms with Crippen LogP contribution in [0.2, 0.25) is 0 Å². The quantitative estimate of drug-likeness (QED) is 0.724. The lowest BCUT2D eigenvalue weighted by atomic mass is 10.1. The van der Waals surface area contributed by atoms with E-state index < -0.39 is 0 Å². The SMILES string of the molecule is CCCCc1ccc(NC(=O)COc2c(OC)cc(C)cc2OC)cc1. The predicted octanol–water partition coefficient (Wildman–Crippen LogP) is 4.37. The average molecular weight is 357 g/mol. The molecule has 0 heterocycles. The number of aryl methyl sites for hydroxylation is 2. The predicted molar refractivity (Wildman–Crippen MR) is 103 cm³/mol. The summed E-state index contributed by atoms with van der Waals surface area (Å²) in [5.41, 5.74) is 3.01. The number of unbranched alkanes of at least 4 members (excludes halogenated alkanes) is 1. The van der Waals surface area contributed by atoms with Gasteiger partial charge in [0.15, 0.2) is 18.1 Å². The van der Waals surface area contributed by atoms with Gasteiger partial charge < -0.3 is 19.5 Å². The Morgan fingerprint density at radius 1 is 1.04 bits per heavy atom. The minimum absolute atomic E-state index is 0.132. The fraction of sp³-hybridized carbons (Fsp3) is 0.381. The van der Waals surface area contributed by atoms with Crippen molar-refractivity contribution in [2.45, 2.75) is 33.1 Å². The molecule has 0 aliphatic carbocycles. The number of rotatable bonds is 9. The van der Waals surface area contributed by atoms with Crippen LogP contribution in [-0.4, -0.2) is 26.7 Å². The van der Waals surface area contributed by atoms with Crippen molar-refractivity contribution >= 4 is 11.6 Å². The highest BCUT2D eigenvalue weighted by atomic mass is 16.5. The van der Waals surface area contributed by atoms with Crippen molar-refractivity contribution in [1.82, 2.24) is 0 Å². The number of ether oxygens (including phenoxy) is 3. The molecule has 0 aliphatic heterocycles. The molecule has 0 aromatic heterocycles. The highest BCUT2D eigenvalue weighted by Crippen LogP contribution is 2.38. The zero-order chi connectivity index (χ0) is 18.9. The molecule has 2 rings (SSSR count). The fourth-order valence-corrected chi connectivity index (χ4v) is 2.62. The number of carbonyl (C=O) groups excluding carboxylic acids is 1. The van der Waals surface area contributed by atoms with Crippen LogP contribution in [0.5, 0.6) is 17.2 Å². The molecule has 0 atom stereocenters. The molecular weight excluding hydrogens is 330 g/mol. The van der Waals surface area contributed by atoms with Gasteiger partial charge in [-0.1, -0.05) is 25.5 Å². The normalized spacial score (nSPS) is 10.3. The third kappa shape index (κ3) is 5.41. The van der Waals surface area contributed by atoms with Gasteiger partial charge in [-0.2, -0.15) is 0 Å². The first kappa shape index (κ1) is 19.6. The van der Waals surface area contributed by atoms with Gasteiger partial charge in [0.05, 0.1) is 14.2 Å². The lowest BCUT2D eigenvalue weighted by Gasteiger charge is -2.15. The summed E-state index contributed by atoms with van der Waals surface area (Å²) >= 11 is 0. The summed E-state index contributed by atoms with van der Waals surface area (Å²) in [5, 5.41) is 2.84. The van der Waals surface area contributed by atoms with Crippen molar-refractivity contribution in [2.24, 2.45) is 0 Å². The lowest BCUT2D eigenvalue weighted by molar-refractivity contribution is -0.118. The first-order chi connectivity index (χ1) is 12.6. The topological polar surface area (TPSA) is 56.8 Å². The maximum atomic E-state index is 12.2. The summed E-state index contributed by atoms with van der Waals surface area (Å²) in [7, 11) is 3.11. The Hall–Kier alpha value is -2.69. The second-order valence-corrected chi connectivity index (χ2v) is 6.14. The Morgan fingerprint density at radius 2 is 1.65 bits per heavy atom. The van der Waals surface area contributed by atoms with Crippen molar-refractivity contribution < 1.29 is 19.0 Å². The molecule has 140 valence electrons. The molecule has 5 heteroatoms. The highest BCUT2D eigenvalue weighted by Gasteiger charge is 2.14. The largest absolute Gasteiger partial charge is 0.493 e. The summed E-state index contributed by atoms with van der Waals surface area (Å²) in [6.45, 7) is 3.98. The van der Waals surface area contributed by atoms with Crippen LogP contribution in [0.25, 0.3) is 0 Å². The maximum Gasteiger partial charge on any atom is 0.262 e. The van der Waals surface area contributed by atoms with Gasteiger partial charge >= 0.3 is 0 Å². The Morgan fingerprint density at radius 3 is 2.19 bits per heavy atom. The molecule has 0 saturated carbocycles. The molecule has 0 fully saturated rings. The van der Waals surface area contributed by atoms with Crippen LogP contribution in [0, 0.1) is 6.92 Å². The van der Waals surface area contributed by atoms with E-state index in [1.165, 1.54) is 18.4 Å². The van der Waals surface area contributed by atoms with Gasteiger partial charge in [-0.05, 0) is 55.2 Å². The van der Waals surface area contributed by atoms with E-state index in [0.29, 0.717) is 17.2 Å². The summed E-state index contributed by atoms with van der Waals surface area (Å²) in [4.78, 5) is 12.2. The second-order valence-electron chi connectivity index (χ2n) is 6.14. The Balaban J connectivity index is 1.96. The van der Waals surface area contributed by atoms with Crippen LogP contribution < -0.4 is 19.5 Å². The van der Waals surface area contributed by atoms with Gasteiger partial charge in [0.25, 0.3) is 5.91 Å². The smallest absolute Gasteiger partial charge is 0.262 e. The minimum atomic E-state index is -0.240. The third-order valence-electron chi connectivity index (χ3n) is 4.01. The third-order valence-corrected chi connectivity index (χ3v) is 4.01. The van der Waals surface area contributed by atoms with E-state index in [1.807, 2.05) is 43.3 Å². The molecule has 0 spiro atoms. The fourth-order valence-electron chi connectivity index (χ4n) is 2.62. The van der Waals surface area contributed by atoms with Crippen LogP contribution in [0.15, 0.2) is 36.4 Å². The summed E-state index contributed by atoms with van der Waals surface area (Å²) in [5.74, 6) is 1.26. The Bertz CT molecular complexity index is 700. The molecule has 0 unspecified atom stereocenters. The van der Waals surface area contributed by atoms with Crippen LogP contribution in [0.3, 0.4) is 0 Å². The van der Waals surface area contributed by atoms with Gasteiger partial charge in [0.1, 0.15) is 0 Å². The average Bonchev–Trinajstić information content (AvgIpc) is 2.65. The molecule has 2 aromatic rings. The number of hydrogen-bond donors (Lipinski definition) is 1. The van der Waals surface area contributed by atoms with E-state index in [4.69, 9.17) is 14.2 Å². The monoisotopic (exact) mass is 357 g/mol. The number of nitrogens with one attached hydrogen (secondary N) is 1.